The molecule has 0 aliphatic heterocycles. The maximum atomic E-state index is 12.7. The third-order valence-corrected chi connectivity index (χ3v) is 4.34. The fraction of sp³-hybridized carbons (Fsp3) is 0.444. The molecule has 27 heavy (non-hydrogen) atoms. The van der Waals surface area contributed by atoms with Crippen molar-refractivity contribution in [1.29, 1.82) is 0 Å². The zero-order valence-corrected chi connectivity index (χ0v) is 14.3. The molecule has 146 valence electrons. The Balaban J connectivity index is 1.54. The van der Waals surface area contributed by atoms with Gasteiger partial charge in [-0.3, -0.25) is 4.79 Å². The second-order valence-electron chi connectivity index (χ2n) is 6.42. The number of hydrogen-bond donors (Lipinski definition) is 2. The van der Waals surface area contributed by atoms with Gasteiger partial charge in [0.1, 0.15) is 12.0 Å². The molecular formula is C18H19F3N2O4. The third kappa shape index (κ3) is 5.22. The molecule has 1 amide bonds. The van der Waals surface area contributed by atoms with E-state index in [1.165, 1.54) is 18.4 Å². The van der Waals surface area contributed by atoms with Gasteiger partial charge >= 0.3 is 6.18 Å². The van der Waals surface area contributed by atoms with Crippen molar-refractivity contribution in [3.8, 4) is 5.75 Å². The Kier molecular flexibility index (Phi) is 5.69. The van der Waals surface area contributed by atoms with Crippen molar-refractivity contribution in [2.24, 2.45) is 0 Å². The average Bonchev–Trinajstić information content (AvgIpc) is 3.11. The van der Waals surface area contributed by atoms with Crippen LogP contribution in [0.25, 0.3) is 0 Å². The molecule has 9 heteroatoms. The van der Waals surface area contributed by atoms with Crippen molar-refractivity contribution in [1.82, 2.24) is 10.3 Å². The lowest BCUT2D eigenvalue weighted by Gasteiger charge is -2.25. The van der Waals surface area contributed by atoms with E-state index in [0.29, 0.717) is 25.7 Å². The molecule has 0 bridgehead atoms. The first kappa shape index (κ1) is 19.2. The van der Waals surface area contributed by atoms with Crippen molar-refractivity contribution in [3.05, 3.63) is 47.7 Å². The molecule has 1 aromatic heterocycles. The van der Waals surface area contributed by atoms with E-state index < -0.39 is 17.6 Å². The normalized spacial score (nSPS) is 20.3. The summed E-state index contributed by atoms with van der Waals surface area (Å²) in [5.74, 6) is -0.295. The van der Waals surface area contributed by atoms with Gasteiger partial charge in [0.05, 0.1) is 11.7 Å². The van der Waals surface area contributed by atoms with Crippen LogP contribution in [0.3, 0.4) is 0 Å². The number of aromatic nitrogens is 1. The van der Waals surface area contributed by atoms with Gasteiger partial charge in [-0.15, -0.1) is 0 Å². The lowest BCUT2D eigenvalue weighted by Crippen LogP contribution is -2.38. The molecule has 1 aromatic carbocycles. The molecule has 3 rings (SSSR count). The van der Waals surface area contributed by atoms with Gasteiger partial charge in [0.25, 0.3) is 5.91 Å². The van der Waals surface area contributed by atoms with Crippen molar-refractivity contribution in [2.45, 2.75) is 50.6 Å². The molecule has 0 atom stereocenters. The van der Waals surface area contributed by atoms with E-state index in [4.69, 9.17) is 9.15 Å². The van der Waals surface area contributed by atoms with Crippen LogP contribution in [0.2, 0.25) is 0 Å². The SMILES string of the molecule is O=C(NC1CCC(O)CC1)c1coc(COc2cccc(C(F)(F)F)c2)n1. The number of hydrogen-bond acceptors (Lipinski definition) is 5. The summed E-state index contributed by atoms with van der Waals surface area (Å²) in [4.78, 5) is 16.2. The van der Waals surface area contributed by atoms with Gasteiger partial charge in [0.15, 0.2) is 12.3 Å². The Morgan fingerprint density at radius 3 is 2.74 bits per heavy atom. The second-order valence-corrected chi connectivity index (χ2v) is 6.42. The molecule has 0 unspecified atom stereocenters. The van der Waals surface area contributed by atoms with E-state index in [-0.39, 0.29) is 36.1 Å². The minimum Gasteiger partial charge on any atom is -0.484 e. The highest BCUT2D eigenvalue weighted by atomic mass is 19.4. The molecule has 1 aliphatic carbocycles. The molecule has 2 N–H and O–H groups in total. The van der Waals surface area contributed by atoms with Crippen LogP contribution in [0, 0.1) is 0 Å². The summed E-state index contributed by atoms with van der Waals surface area (Å²) in [6.07, 6.45) is -0.933. The Hall–Kier alpha value is -2.55. The molecule has 1 fully saturated rings. The topological polar surface area (TPSA) is 84.6 Å². The fourth-order valence-electron chi connectivity index (χ4n) is 2.87. The quantitative estimate of drug-likeness (QED) is 0.826. The van der Waals surface area contributed by atoms with Gasteiger partial charge < -0.3 is 19.6 Å². The molecule has 6 nitrogen and oxygen atoms in total. The van der Waals surface area contributed by atoms with Crippen LogP contribution >= 0.6 is 0 Å². The molecule has 2 aromatic rings. The number of amides is 1. The van der Waals surface area contributed by atoms with Crippen LogP contribution in [0.5, 0.6) is 5.75 Å². The number of rotatable bonds is 5. The largest absolute Gasteiger partial charge is 0.484 e. The summed E-state index contributed by atoms with van der Waals surface area (Å²) in [7, 11) is 0. The number of alkyl halides is 3. The molecule has 0 spiro atoms. The maximum Gasteiger partial charge on any atom is 0.416 e. The molecule has 1 aliphatic rings. The van der Waals surface area contributed by atoms with Crippen molar-refractivity contribution >= 4 is 5.91 Å². The molecule has 1 heterocycles. The van der Waals surface area contributed by atoms with Gasteiger partial charge in [-0.25, -0.2) is 4.98 Å². The van der Waals surface area contributed by atoms with E-state index in [0.717, 1.165) is 12.1 Å². The van der Waals surface area contributed by atoms with E-state index in [2.05, 4.69) is 10.3 Å². The summed E-state index contributed by atoms with van der Waals surface area (Å²) in [6.45, 7) is -0.204. The number of carbonyl (C=O) groups excluding carboxylic acids is 1. The summed E-state index contributed by atoms with van der Waals surface area (Å²) < 4.78 is 48.5. The molecule has 0 saturated heterocycles. The Labute approximate surface area is 153 Å². The zero-order chi connectivity index (χ0) is 19.4. The second kappa shape index (κ2) is 7.99. The van der Waals surface area contributed by atoms with Gasteiger partial charge in [0.2, 0.25) is 5.89 Å². The molecule has 1 saturated carbocycles. The summed E-state index contributed by atoms with van der Waals surface area (Å²) in [6, 6.07) is 4.44. The number of aliphatic hydroxyl groups is 1. The molecular weight excluding hydrogens is 365 g/mol. The average molecular weight is 384 g/mol. The first-order valence-electron chi connectivity index (χ1n) is 8.54. The van der Waals surface area contributed by atoms with E-state index in [1.807, 2.05) is 0 Å². The van der Waals surface area contributed by atoms with Crippen LogP contribution in [0.1, 0.15) is 47.6 Å². The number of nitrogens with zero attached hydrogens (tertiary/aromatic N) is 1. The Bertz CT molecular complexity index is 783. The highest BCUT2D eigenvalue weighted by molar-refractivity contribution is 5.92. The zero-order valence-electron chi connectivity index (χ0n) is 14.3. The van der Waals surface area contributed by atoms with Gasteiger partial charge in [0, 0.05) is 6.04 Å². The van der Waals surface area contributed by atoms with Gasteiger partial charge in [-0.2, -0.15) is 13.2 Å². The van der Waals surface area contributed by atoms with Crippen molar-refractivity contribution < 1.29 is 32.2 Å². The highest BCUT2D eigenvalue weighted by Gasteiger charge is 2.30. The van der Waals surface area contributed by atoms with Gasteiger partial charge in [-0.1, -0.05) is 6.07 Å². The number of ether oxygens (including phenoxy) is 1. The first-order valence-corrected chi connectivity index (χ1v) is 8.54. The predicted molar refractivity (Wildman–Crippen MR) is 88.0 cm³/mol. The highest BCUT2D eigenvalue weighted by Crippen LogP contribution is 2.31. The number of halogens is 3. The smallest absolute Gasteiger partial charge is 0.416 e. The first-order chi connectivity index (χ1) is 12.8. The van der Waals surface area contributed by atoms with Crippen LogP contribution in [-0.4, -0.2) is 28.1 Å². The number of oxazole rings is 1. The summed E-state index contributed by atoms with van der Waals surface area (Å²) in [5.41, 5.74) is -0.742. The van der Waals surface area contributed by atoms with Crippen LogP contribution in [0.15, 0.2) is 34.9 Å². The number of nitrogens with one attached hydrogen (secondary N) is 1. The number of benzene rings is 1. The van der Waals surface area contributed by atoms with Gasteiger partial charge in [-0.05, 0) is 43.9 Å². The Morgan fingerprint density at radius 2 is 2.04 bits per heavy atom. The maximum absolute atomic E-state index is 12.7. The van der Waals surface area contributed by atoms with Crippen molar-refractivity contribution in [3.63, 3.8) is 0 Å². The Morgan fingerprint density at radius 1 is 1.30 bits per heavy atom. The molecule has 0 radical (unpaired) electrons. The lowest BCUT2D eigenvalue weighted by atomic mass is 9.93. The fourth-order valence-corrected chi connectivity index (χ4v) is 2.87. The van der Waals surface area contributed by atoms with E-state index >= 15 is 0 Å². The van der Waals surface area contributed by atoms with E-state index in [1.54, 1.807) is 0 Å². The van der Waals surface area contributed by atoms with Crippen LogP contribution in [-0.2, 0) is 12.8 Å². The minimum atomic E-state index is -4.46. The summed E-state index contributed by atoms with van der Waals surface area (Å²) >= 11 is 0. The standard InChI is InChI=1S/C18H19F3N2O4/c19-18(20,21)11-2-1-3-14(8-11)26-10-16-23-15(9-27-16)17(25)22-12-4-6-13(24)7-5-12/h1-3,8-9,12-13,24H,4-7,10H2,(H,22,25). The van der Waals surface area contributed by atoms with Crippen LogP contribution in [0.4, 0.5) is 13.2 Å². The number of carbonyl (C=O) groups is 1. The third-order valence-electron chi connectivity index (χ3n) is 4.34. The summed E-state index contributed by atoms with van der Waals surface area (Å²) in [5, 5.41) is 12.3. The van der Waals surface area contributed by atoms with Crippen molar-refractivity contribution in [2.75, 3.05) is 0 Å². The number of aliphatic hydroxyl groups excluding tert-OH is 1. The van der Waals surface area contributed by atoms with Crippen LogP contribution < -0.4 is 10.1 Å². The van der Waals surface area contributed by atoms with E-state index in [9.17, 15) is 23.1 Å². The monoisotopic (exact) mass is 384 g/mol. The lowest BCUT2D eigenvalue weighted by molar-refractivity contribution is -0.137. The minimum absolute atomic E-state index is 0.0230. The predicted octanol–water partition coefficient (Wildman–Crippen LogP) is 3.31.